The van der Waals surface area contributed by atoms with Crippen molar-refractivity contribution in [2.24, 2.45) is 0 Å². The molecular formula is C34H26ClN5O5S2. The monoisotopic (exact) mass is 683 g/mol. The maximum absolute atomic E-state index is 13.3. The number of carbonyl (C=O) groups is 3. The van der Waals surface area contributed by atoms with Crippen molar-refractivity contribution in [3.63, 3.8) is 0 Å². The van der Waals surface area contributed by atoms with Gasteiger partial charge in [-0.2, -0.15) is 0 Å². The summed E-state index contributed by atoms with van der Waals surface area (Å²) >= 11 is 8.64. The molecule has 1 heterocycles. The maximum atomic E-state index is 13.3. The molecular weight excluding hydrogens is 658 g/mol. The van der Waals surface area contributed by atoms with Crippen molar-refractivity contribution in [1.82, 2.24) is 10.3 Å². The van der Waals surface area contributed by atoms with Gasteiger partial charge in [0, 0.05) is 44.2 Å². The molecule has 0 aliphatic heterocycles. The van der Waals surface area contributed by atoms with Crippen LogP contribution in [0, 0.1) is 10.1 Å². The molecule has 0 spiro atoms. The zero-order valence-electron chi connectivity index (χ0n) is 24.7. The molecule has 5 rings (SSSR count). The Morgan fingerprint density at radius 3 is 2.26 bits per heavy atom. The van der Waals surface area contributed by atoms with E-state index >= 15 is 0 Å². The standard InChI is InChI=1S/C34H26ClN5O5S2/c1-21(31(41)39-34-38-30(20-46-34)23-9-11-25(35)12-10-23)47-28-17-13-26(14-18-28)36-33(43)29(37-32(42)24-5-3-2-4-6-24)19-22-7-15-27(16-8-22)40(44)45/h2-21H,1H3,(H,36,43)(H,37,42)(H,38,39,41)/b29-19-. The highest BCUT2D eigenvalue weighted by Crippen LogP contribution is 2.29. The number of rotatable bonds is 11. The Morgan fingerprint density at radius 1 is 0.915 bits per heavy atom. The lowest BCUT2D eigenvalue weighted by atomic mass is 10.1. The van der Waals surface area contributed by atoms with Gasteiger partial charge in [-0.15, -0.1) is 23.1 Å². The quantitative estimate of drug-likeness (QED) is 0.0556. The number of anilines is 2. The summed E-state index contributed by atoms with van der Waals surface area (Å²) in [7, 11) is 0. The largest absolute Gasteiger partial charge is 0.321 e. The maximum Gasteiger partial charge on any atom is 0.272 e. The van der Waals surface area contributed by atoms with E-state index in [-0.39, 0.29) is 17.3 Å². The summed E-state index contributed by atoms with van der Waals surface area (Å²) in [5.74, 6) is -1.30. The van der Waals surface area contributed by atoms with Gasteiger partial charge < -0.3 is 16.0 Å². The van der Waals surface area contributed by atoms with Gasteiger partial charge in [0.1, 0.15) is 5.70 Å². The van der Waals surface area contributed by atoms with Crippen LogP contribution >= 0.6 is 34.7 Å². The van der Waals surface area contributed by atoms with Crippen LogP contribution in [0.2, 0.25) is 5.02 Å². The molecule has 4 aromatic carbocycles. The molecule has 0 aliphatic rings. The highest BCUT2D eigenvalue weighted by molar-refractivity contribution is 8.00. The molecule has 5 aromatic rings. The minimum absolute atomic E-state index is 0.0575. The van der Waals surface area contributed by atoms with Crippen molar-refractivity contribution in [1.29, 1.82) is 0 Å². The fraction of sp³-hybridized carbons (Fsp3) is 0.0588. The minimum Gasteiger partial charge on any atom is -0.321 e. The van der Waals surface area contributed by atoms with Crippen LogP contribution in [0.3, 0.4) is 0 Å². The smallest absolute Gasteiger partial charge is 0.272 e. The lowest BCUT2D eigenvalue weighted by Gasteiger charge is -2.13. The Labute approximate surface area is 283 Å². The topological polar surface area (TPSA) is 143 Å². The number of aromatic nitrogens is 1. The number of nitro groups is 1. The third-order valence-electron chi connectivity index (χ3n) is 6.61. The zero-order valence-corrected chi connectivity index (χ0v) is 27.1. The van der Waals surface area contributed by atoms with Gasteiger partial charge in [0.05, 0.1) is 15.9 Å². The van der Waals surface area contributed by atoms with Crippen LogP contribution in [0.4, 0.5) is 16.5 Å². The van der Waals surface area contributed by atoms with E-state index in [1.54, 1.807) is 73.7 Å². The number of thiazole rings is 1. The Morgan fingerprint density at radius 2 is 1.60 bits per heavy atom. The number of non-ortho nitro benzene ring substituents is 1. The molecule has 0 bridgehead atoms. The molecule has 1 unspecified atom stereocenters. The highest BCUT2D eigenvalue weighted by Gasteiger charge is 2.18. The van der Waals surface area contributed by atoms with E-state index in [1.165, 1.54) is 53.4 Å². The molecule has 0 aliphatic carbocycles. The summed E-state index contributed by atoms with van der Waals surface area (Å²) in [5.41, 5.74) is 2.77. The van der Waals surface area contributed by atoms with Crippen molar-refractivity contribution in [3.8, 4) is 11.3 Å². The van der Waals surface area contributed by atoms with E-state index in [2.05, 4.69) is 20.9 Å². The fourth-order valence-corrected chi connectivity index (χ4v) is 5.88. The Bertz CT molecular complexity index is 1930. The zero-order chi connectivity index (χ0) is 33.3. The molecule has 236 valence electrons. The highest BCUT2D eigenvalue weighted by atomic mass is 35.5. The summed E-state index contributed by atoms with van der Waals surface area (Å²) < 4.78 is 0. The molecule has 0 saturated carbocycles. The second kappa shape index (κ2) is 15.3. The van der Waals surface area contributed by atoms with Gasteiger partial charge in [-0.3, -0.25) is 24.5 Å². The molecule has 0 saturated heterocycles. The van der Waals surface area contributed by atoms with Crippen LogP contribution in [0.15, 0.2) is 119 Å². The van der Waals surface area contributed by atoms with E-state index < -0.39 is 22.0 Å². The summed E-state index contributed by atoms with van der Waals surface area (Å²) in [5, 5.41) is 21.8. The molecule has 13 heteroatoms. The van der Waals surface area contributed by atoms with E-state index in [9.17, 15) is 24.5 Å². The predicted octanol–water partition coefficient (Wildman–Crippen LogP) is 7.90. The first-order chi connectivity index (χ1) is 22.6. The third kappa shape index (κ3) is 9.13. The van der Waals surface area contributed by atoms with Gasteiger partial charge in [-0.25, -0.2) is 4.98 Å². The molecule has 1 aromatic heterocycles. The van der Waals surface area contributed by atoms with Crippen LogP contribution in [0.25, 0.3) is 17.3 Å². The van der Waals surface area contributed by atoms with Crippen LogP contribution in [-0.4, -0.2) is 32.9 Å². The first kappa shape index (κ1) is 33.1. The van der Waals surface area contributed by atoms with Crippen molar-refractivity contribution in [2.45, 2.75) is 17.1 Å². The molecule has 0 radical (unpaired) electrons. The van der Waals surface area contributed by atoms with E-state index in [4.69, 9.17) is 11.6 Å². The number of carbonyl (C=O) groups excluding carboxylic acids is 3. The van der Waals surface area contributed by atoms with Crippen molar-refractivity contribution < 1.29 is 19.3 Å². The van der Waals surface area contributed by atoms with Crippen LogP contribution in [-0.2, 0) is 9.59 Å². The Kier molecular flexibility index (Phi) is 10.8. The minimum atomic E-state index is -0.595. The van der Waals surface area contributed by atoms with Gasteiger partial charge in [0.15, 0.2) is 5.13 Å². The Balaban J connectivity index is 1.22. The number of nitrogens with zero attached hydrogens (tertiary/aromatic N) is 2. The number of halogens is 1. The SMILES string of the molecule is CC(Sc1ccc(NC(=O)/C(=C/c2ccc([N+](=O)[O-])cc2)NC(=O)c2ccccc2)cc1)C(=O)Nc1nc(-c2ccc(Cl)cc2)cs1. The van der Waals surface area contributed by atoms with E-state index in [1.807, 2.05) is 17.5 Å². The number of hydrogen-bond donors (Lipinski definition) is 3. The summed E-state index contributed by atoms with van der Waals surface area (Å²) in [6, 6.07) is 28.2. The van der Waals surface area contributed by atoms with Gasteiger partial charge >= 0.3 is 0 Å². The van der Waals surface area contributed by atoms with Crippen LogP contribution < -0.4 is 16.0 Å². The molecule has 47 heavy (non-hydrogen) atoms. The van der Waals surface area contributed by atoms with E-state index in [0.29, 0.717) is 27.0 Å². The van der Waals surface area contributed by atoms with Crippen LogP contribution in [0.5, 0.6) is 0 Å². The average molecular weight is 684 g/mol. The van der Waals surface area contributed by atoms with Gasteiger partial charge in [-0.05, 0) is 79.2 Å². The van der Waals surface area contributed by atoms with Gasteiger partial charge in [0.2, 0.25) is 5.91 Å². The van der Waals surface area contributed by atoms with Gasteiger partial charge in [0.25, 0.3) is 17.5 Å². The molecule has 10 nitrogen and oxygen atoms in total. The Hall–Kier alpha value is -5.30. The average Bonchev–Trinajstić information content (AvgIpc) is 3.54. The summed E-state index contributed by atoms with van der Waals surface area (Å²) in [6.45, 7) is 1.79. The summed E-state index contributed by atoms with van der Waals surface area (Å²) in [4.78, 5) is 54.9. The number of nitro benzene ring substituents is 1. The molecule has 1 atom stereocenters. The number of thioether (sulfide) groups is 1. The molecule has 0 fully saturated rings. The van der Waals surface area contributed by atoms with Crippen molar-refractivity contribution >= 4 is 75.0 Å². The second-order valence-electron chi connectivity index (χ2n) is 10.00. The fourth-order valence-electron chi connectivity index (χ4n) is 4.17. The van der Waals surface area contributed by atoms with Crippen LogP contribution in [0.1, 0.15) is 22.8 Å². The first-order valence-electron chi connectivity index (χ1n) is 14.1. The second-order valence-corrected chi connectivity index (χ2v) is 12.7. The van der Waals surface area contributed by atoms with Crippen molar-refractivity contribution in [3.05, 3.63) is 140 Å². The molecule has 3 amide bonds. The van der Waals surface area contributed by atoms with E-state index in [0.717, 1.165) is 16.2 Å². The lowest BCUT2D eigenvalue weighted by Crippen LogP contribution is -2.30. The number of hydrogen-bond acceptors (Lipinski definition) is 8. The third-order valence-corrected chi connectivity index (χ3v) is 8.73. The lowest BCUT2D eigenvalue weighted by molar-refractivity contribution is -0.384. The van der Waals surface area contributed by atoms with Crippen molar-refractivity contribution in [2.75, 3.05) is 10.6 Å². The van der Waals surface area contributed by atoms with Gasteiger partial charge in [-0.1, -0.05) is 41.9 Å². The molecule has 3 N–H and O–H groups in total. The number of benzene rings is 4. The number of nitrogens with one attached hydrogen (secondary N) is 3. The predicted molar refractivity (Wildman–Crippen MR) is 187 cm³/mol. The normalized spacial score (nSPS) is 11.7. The summed E-state index contributed by atoms with van der Waals surface area (Å²) in [6.07, 6.45) is 1.44. The first-order valence-corrected chi connectivity index (χ1v) is 16.2. The number of amides is 3.